The number of hydrogen-bond donors (Lipinski definition) is 1. The summed E-state index contributed by atoms with van der Waals surface area (Å²) in [6.45, 7) is 6.17. The average Bonchev–Trinajstić information content (AvgIpc) is 3.31. The maximum atomic E-state index is 12.8. The number of amides is 1. The van der Waals surface area contributed by atoms with Gasteiger partial charge in [-0.1, -0.05) is 48.0 Å². The first-order valence-corrected chi connectivity index (χ1v) is 13.6. The van der Waals surface area contributed by atoms with Crippen LogP contribution in [0, 0.1) is 11.3 Å². The predicted molar refractivity (Wildman–Crippen MR) is 140 cm³/mol. The molecule has 0 saturated carbocycles. The van der Waals surface area contributed by atoms with Gasteiger partial charge in [-0.05, 0) is 50.3 Å². The summed E-state index contributed by atoms with van der Waals surface area (Å²) in [6, 6.07) is 9.56. The number of hydrogen-bond acceptors (Lipinski definition) is 7. The van der Waals surface area contributed by atoms with E-state index in [1.165, 1.54) is 34.4 Å². The molecule has 1 unspecified atom stereocenters. The number of carbonyl (C=O) groups is 1. The molecule has 0 bridgehead atoms. The molecule has 182 valence electrons. The lowest BCUT2D eigenvalue weighted by Crippen LogP contribution is -2.15. The highest BCUT2D eigenvalue weighted by Crippen LogP contribution is 2.37. The summed E-state index contributed by atoms with van der Waals surface area (Å²) < 4.78 is 7.88. The molecule has 0 saturated heterocycles. The topological polar surface area (TPSA) is 92.8 Å². The van der Waals surface area contributed by atoms with Crippen LogP contribution in [-0.2, 0) is 24.2 Å². The molecule has 10 heteroatoms. The van der Waals surface area contributed by atoms with Crippen LogP contribution in [0.2, 0.25) is 5.02 Å². The number of thioether (sulfide) groups is 1. The number of allylic oxidation sites excluding steroid dienone is 1. The molecule has 1 aliphatic rings. The van der Waals surface area contributed by atoms with Crippen molar-refractivity contribution in [3.05, 3.63) is 63.8 Å². The molecule has 4 rings (SSSR count). The molecular formula is C25H26ClN5O2S2. The summed E-state index contributed by atoms with van der Waals surface area (Å²) in [5, 5.41) is 23.0. The third-order valence-electron chi connectivity index (χ3n) is 5.68. The zero-order valence-electron chi connectivity index (χ0n) is 19.4. The number of ether oxygens (including phenoxy) is 1. The Morgan fingerprint density at radius 2 is 2.17 bits per heavy atom. The van der Waals surface area contributed by atoms with Crippen LogP contribution in [0.3, 0.4) is 0 Å². The smallest absolute Gasteiger partial charge is 0.235 e. The lowest BCUT2D eigenvalue weighted by molar-refractivity contribution is -0.113. The van der Waals surface area contributed by atoms with Crippen LogP contribution < -0.4 is 10.1 Å². The van der Waals surface area contributed by atoms with Gasteiger partial charge in [-0.2, -0.15) is 5.26 Å². The van der Waals surface area contributed by atoms with Crippen LogP contribution >= 0.6 is 34.7 Å². The van der Waals surface area contributed by atoms with Crippen molar-refractivity contribution in [2.24, 2.45) is 0 Å². The Bertz CT molecular complexity index is 1260. The first-order valence-electron chi connectivity index (χ1n) is 11.4. The minimum atomic E-state index is -0.412. The van der Waals surface area contributed by atoms with Crippen molar-refractivity contribution in [3.8, 4) is 11.8 Å². The Labute approximate surface area is 218 Å². The number of rotatable bonds is 9. The van der Waals surface area contributed by atoms with Gasteiger partial charge in [0.25, 0.3) is 0 Å². The third kappa shape index (κ3) is 5.89. The van der Waals surface area contributed by atoms with Crippen molar-refractivity contribution in [2.45, 2.75) is 56.8 Å². The molecule has 7 nitrogen and oxygen atoms in total. The summed E-state index contributed by atoms with van der Waals surface area (Å²) >= 11 is 9.04. The molecule has 1 atom stereocenters. The summed E-state index contributed by atoms with van der Waals surface area (Å²) in [5.41, 5.74) is 1.73. The van der Waals surface area contributed by atoms with Gasteiger partial charge in [0.05, 0.1) is 16.3 Å². The van der Waals surface area contributed by atoms with Crippen molar-refractivity contribution in [1.29, 1.82) is 5.26 Å². The van der Waals surface area contributed by atoms with Crippen LogP contribution in [0.1, 0.15) is 54.1 Å². The number of carbonyl (C=O) groups excluding carboxylic acids is 1. The quantitative estimate of drug-likeness (QED) is 0.202. The zero-order valence-corrected chi connectivity index (χ0v) is 21.8. The van der Waals surface area contributed by atoms with Crippen molar-refractivity contribution in [2.75, 3.05) is 11.1 Å². The first-order chi connectivity index (χ1) is 17.0. The van der Waals surface area contributed by atoms with E-state index in [0.29, 0.717) is 38.9 Å². The van der Waals surface area contributed by atoms with Crippen molar-refractivity contribution in [1.82, 2.24) is 14.8 Å². The van der Waals surface area contributed by atoms with Gasteiger partial charge in [0.2, 0.25) is 5.91 Å². The van der Waals surface area contributed by atoms with E-state index in [2.05, 4.69) is 28.2 Å². The highest BCUT2D eigenvalue weighted by Gasteiger charge is 2.23. The Morgan fingerprint density at radius 3 is 2.94 bits per heavy atom. The number of nitriles is 1. The van der Waals surface area contributed by atoms with Gasteiger partial charge in [0, 0.05) is 11.4 Å². The molecular weight excluding hydrogens is 502 g/mol. The highest BCUT2D eigenvalue weighted by molar-refractivity contribution is 7.99. The third-order valence-corrected chi connectivity index (χ3v) is 8.17. The largest absolute Gasteiger partial charge is 0.481 e. The molecule has 0 radical (unpaired) electrons. The van der Waals surface area contributed by atoms with Crippen LogP contribution in [0.4, 0.5) is 5.00 Å². The Morgan fingerprint density at radius 1 is 1.37 bits per heavy atom. The number of nitrogens with zero attached hydrogens (tertiary/aromatic N) is 4. The fourth-order valence-corrected chi connectivity index (χ4v) is 6.22. The molecule has 1 amide bonds. The normalized spacial score (nSPS) is 13.9. The fourth-order valence-electron chi connectivity index (χ4n) is 4.03. The second-order valence-corrected chi connectivity index (χ2v) is 10.6. The molecule has 0 spiro atoms. The number of anilines is 1. The van der Waals surface area contributed by atoms with Crippen molar-refractivity contribution >= 4 is 45.6 Å². The van der Waals surface area contributed by atoms with E-state index in [1.807, 2.05) is 23.6 Å². The maximum absolute atomic E-state index is 12.8. The standard InChI is InChI=1S/C25H26ClN5O2S2/c1-3-13-31-23(16(2)33-20-11-8-7-10-19(20)26)29-30-25(31)34-15-22(32)28-24-18(14-27)17-9-5-4-6-12-21(17)35-24/h3,7-8,10-11,16H,1,4-6,9,12-13,15H2,2H3,(H,28,32). The lowest BCUT2D eigenvalue weighted by Gasteiger charge is -2.16. The van der Waals surface area contributed by atoms with Gasteiger partial charge < -0.3 is 10.1 Å². The van der Waals surface area contributed by atoms with E-state index in [0.717, 1.165) is 31.2 Å². The second kappa shape index (κ2) is 11.8. The number of aromatic nitrogens is 3. The molecule has 2 heterocycles. The fraction of sp³-hybridized carbons (Fsp3) is 0.360. The summed E-state index contributed by atoms with van der Waals surface area (Å²) in [7, 11) is 0. The highest BCUT2D eigenvalue weighted by atomic mass is 35.5. The number of halogens is 1. The van der Waals surface area contributed by atoms with E-state index in [-0.39, 0.29) is 11.7 Å². The number of aryl methyl sites for hydroxylation is 1. The van der Waals surface area contributed by atoms with Crippen molar-refractivity contribution in [3.63, 3.8) is 0 Å². The first kappa shape index (κ1) is 25.3. The van der Waals surface area contributed by atoms with Gasteiger partial charge in [0.1, 0.15) is 16.8 Å². The summed E-state index contributed by atoms with van der Waals surface area (Å²) in [6.07, 6.45) is 6.60. The number of benzene rings is 1. The van der Waals surface area contributed by atoms with Crippen LogP contribution in [0.25, 0.3) is 0 Å². The minimum Gasteiger partial charge on any atom is -0.481 e. The van der Waals surface area contributed by atoms with Gasteiger partial charge in [-0.15, -0.1) is 28.1 Å². The Hall–Kier alpha value is -2.80. The Balaban J connectivity index is 1.44. The van der Waals surface area contributed by atoms with Gasteiger partial charge >= 0.3 is 0 Å². The molecule has 2 aromatic heterocycles. The van der Waals surface area contributed by atoms with E-state index >= 15 is 0 Å². The number of thiophene rings is 1. The number of nitrogens with one attached hydrogen (secondary N) is 1. The molecule has 3 aromatic rings. The Kier molecular flexibility index (Phi) is 8.50. The van der Waals surface area contributed by atoms with Crippen LogP contribution in [0.5, 0.6) is 5.75 Å². The van der Waals surface area contributed by atoms with E-state index in [4.69, 9.17) is 16.3 Å². The summed E-state index contributed by atoms with van der Waals surface area (Å²) in [4.78, 5) is 14.0. The molecule has 1 aliphatic carbocycles. The molecule has 1 N–H and O–H groups in total. The second-order valence-electron chi connectivity index (χ2n) is 8.15. The molecule has 0 aliphatic heterocycles. The lowest BCUT2D eigenvalue weighted by atomic mass is 10.1. The maximum Gasteiger partial charge on any atom is 0.235 e. The molecule has 35 heavy (non-hydrogen) atoms. The van der Waals surface area contributed by atoms with E-state index < -0.39 is 6.10 Å². The van der Waals surface area contributed by atoms with Crippen LogP contribution in [-0.4, -0.2) is 26.4 Å². The number of para-hydroxylation sites is 1. The van der Waals surface area contributed by atoms with Gasteiger partial charge in [-0.25, -0.2) is 0 Å². The molecule has 0 fully saturated rings. The monoisotopic (exact) mass is 527 g/mol. The molecule has 1 aromatic carbocycles. The predicted octanol–water partition coefficient (Wildman–Crippen LogP) is 6.19. The van der Waals surface area contributed by atoms with Gasteiger partial charge in [0.15, 0.2) is 17.1 Å². The zero-order chi connectivity index (χ0) is 24.8. The number of fused-ring (bicyclic) bond motifs is 1. The average molecular weight is 528 g/mol. The van der Waals surface area contributed by atoms with Crippen LogP contribution in [0.15, 0.2) is 42.1 Å². The van der Waals surface area contributed by atoms with Gasteiger partial charge in [-0.3, -0.25) is 9.36 Å². The van der Waals surface area contributed by atoms with E-state index in [1.54, 1.807) is 18.2 Å². The SMILES string of the molecule is C=CCn1c(SCC(=O)Nc2sc3c(c2C#N)CCCCC3)nnc1C(C)Oc1ccccc1Cl. The summed E-state index contributed by atoms with van der Waals surface area (Å²) in [5.74, 6) is 1.13. The van der Waals surface area contributed by atoms with E-state index in [9.17, 15) is 10.1 Å². The minimum absolute atomic E-state index is 0.141. The van der Waals surface area contributed by atoms with Crippen molar-refractivity contribution < 1.29 is 9.53 Å².